The van der Waals surface area contributed by atoms with E-state index >= 15 is 0 Å². The van der Waals surface area contributed by atoms with Crippen LogP contribution in [0.2, 0.25) is 0 Å². The van der Waals surface area contributed by atoms with E-state index in [2.05, 4.69) is 9.62 Å². The zero-order chi connectivity index (χ0) is 13.8. The summed E-state index contributed by atoms with van der Waals surface area (Å²) in [5.74, 6) is -0.0207. The molecule has 104 valence electrons. The van der Waals surface area contributed by atoms with Crippen LogP contribution in [0.15, 0.2) is 18.2 Å². The highest BCUT2D eigenvalue weighted by Gasteiger charge is 2.47. The van der Waals surface area contributed by atoms with E-state index in [1.807, 2.05) is 13.1 Å². The third-order valence-electron chi connectivity index (χ3n) is 4.11. The summed E-state index contributed by atoms with van der Waals surface area (Å²) in [5, 5.41) is 0. The van der Waals surface area contributed by atoms with E-state index in [0.717, 1.165) is 24.9 Å². The number of likely N-dealkylation sites (tertiary alicyclic amines) is 1. The Bertz CT molecular complexity index is 617. The lowest BCUT2D eigenvalue weighted by Crippen LogP contribution is -2.32. The summed E-state index contributed by atoms with van der Waals surface area (Å²) in [6.45, 7) is 1.56. The van der Waals surface area contributed by atoms with Crippen LogP contribution in [0.25, 0.3) is 0 Å². The maximum atomic E-state index is 14.1. The second-order valence-electron chi connectivity index (χ2n) is 5.60. The maximum absolute atomic E-state index is 14.1. The molecule has 1 aliphatic carbocycles. The highest BCUT2D eigenvalue weighted by molar-refractivity contribution is 7.88. The van der Waals surface area contributed by atoms with Crippen LogP contribution in [-0.4, -0.2) is 39.7 Å². The van der Waals surface area contributed by atoms with Crippen molar-refractivity contribution in [3.63, 3.8) is 0 Å². The van der Waals surface area contributed by atoms with E-state index in [1.165, 1.54) is 6.07 Å². The van der Waals surface area contributed by atoms with Crippen molar-refractivity contribution >= 4 is 10.0 Å². The molecule has 0 spiro atoms. The zero-order valence-electron chi connectivity index (χ0n) is 10.9. The number of hydrogen-bond donors (Lipinski definition) is 1. The second-order valence-corrected chi connectivity index (χ2v) is 7.38. The van der Waals surface area contributed by atoms with Crippen molar-refractivity contribution in [3.05, 3.63) is 35.1 Å². The fraction of sp³-hybridized carbons (Fsp3) is 0.538. The van der Waals surface area contributed by atoms with Crippen LogP contribution in [0.1, 0.15) is 23.1 Å². The van der Waals surface area contributed by atoms with E-state index in [-0.39, 0.29) is 23.7 Å². The highest BCUT2D eigenvalue weighted by Crippen LogP contribution is 2.49. The first-order valence-electron chi connectivity index (χ1n) is 6.31. The van der Waals surface area contributed by atoms with Gasteiger partial charge in [0, 0.05) is 24.9 Å². The molecule has 2 aliphatic rings. The van der Waals surface area contributed by atoms with E-state index in [1.54, 1.807) is 6.07 Å². The quantitative estimate of drug-likeness (QED) is 0.884. The van der Waals surface area contributed by atoms with Gasteiger partial charge in [-0.2, -0.15) is 0 Å². The number of nitrogens with one attached hydrogen (secondary N) is 1. The van der Waals surface area contributed by atoms with Crippen molar-refractivity contribution in [2.75, 3.05) is 26.4 Å². The van der Waals surface area contributed by atoms with Crippen molar-refractivity contribution in [1.82, 2.24) is 9.62 Å². The fourth-order valence-electron chi connectivity index (χ4n) is 3.50. The Morgan fingerprint density at radius 2 is 2.11 bits per heavy atom. The molecule has 3 rings (SSSR count). The standard InChI is InChI=1S/C13H17FN2O2S/c1-16-6-9-10(7-16)13(15-19(2,17)18)8-4-3-5-11(14)12(8)9/h3-5,9-10,13,15H,6-7H2,1-2H3/t9-,10+,13-/m1/s1. The molecule has 1 aliphatic heterocycles. The Kier molecular flexibility index (Phi) is 2.92. The molecule has 0 unspecified atom stereocenters. The topological polar surface area (TPSA) is 49.4 Å². The van der Waals surface area contributed by atoms with Crippen LogP contribution in [-0.2, 0) is 10.0 Å². The lowest BCUT2D eigenvalue weighted by Gasteiger charge is -2.20. The molecule has 0 radical (unpaired) electrons. The first kappa shape index (κ1) is 13.0. The van der Waals surface area contributed by atoms with Crippen molar-refractivity contribution in [3.8, 4) is 0 Å². The molecule has 19 heavy (non-hydrogen) atoms. The molecule has 1 fully saturated rings. The fourth-order valence-corrected chi connectivity index (χ4v) is 4.27. The molecule has 1 aromatic rings. The molecule has 1 heterocycles. The largest absolute Gasteiger partial charge is 0.305 e. The van der Waals surface area contributed by atoms with Gasteiger partial charge in [-0.15, -0.1) is 0 Å². The van der Waals surface area contributed by atoms with Gasteiger partial charge in [0.2, 0.25) is 10.0 Å². The van der Waals surface area contributed by atoms with Crippen molar-refractivity contribution in [2.24, 2.45) is 5.92 Å². The Labute approximate surface area is 112 Å². The second kappa shape index (κ2) is 4.26. The molecule has 1 N–H and O–H groups in total. The molecule has 6 heteroatoms. The zero-order valence-corrected chi connectivity index (χ0v) is 11.7. The van der Waals surface area contributed by atoms with Gasteiger partial charge in [0.25, 0.3) is 0 Å². The number of fused-ring (bicyclic) bond motifs is 3. The molecule has 0 amide bonds. The van der Waals surface area contributed by atoms with Gasteiger partial charge in [-0.05, 0) is 24.2 Å². The molecule has 0 bridgehead atoms. The number of nitrogens with zero attached hydrogens (tertiary/aromatic N) is 1. The predicted molar refractivity (Wildman–Crippen MR) is 70.8 cm³/mol. The van der Waals surface area contributed by atoms with Crippen LogP contribution in [0.3, 0.4) is 0 Å². The SMILES string of the molecule is CN1C[C@@H]2[C@H](NS(C)(=O)=O)c3cccc(F)c3[C@@H]2C1. The molecule has 0 saturated carbocycles. The van der Waals surface area contributed by atoms with Crippen LogP contribution in [0.4, 0.5) is 4.39 Å². The Morgan fingerprint density at radius 3 is 2.79 bits per heavy atom. The van der Waals surface area contributed by atoms with Crippen molar-refractivity contribution < 1.29 is 12.8 Å². The number of likely N-dealkylation sites (N-methyl/N-ethyl adjacent to an activating group) is 1. The van der Waals surface area contributed by atoms with Gasteiger partial charge in [-0.1, -0.05) is 12.1 Å². The molecular formula is C13H17FN2O2S. The summed E-state index contributed by atoms with van der Waals surface area (Å²) in [6.07, 6.45) is 1.15. The molecule has 1 aromatic carbocycles. The minimum Gasteiger partial charge on any atom is -0.305 e. The summed E-state index contributed by atoms with van der Waals surface area (Å²) in [6, 6.07) is 4.63. The van der Waals surface area contributed by atoms with Gasteiger partial charge in [-0.3, -0.25) is 0 Å². The first-order chi connectivity index (χ1) is 8.87. The minimum absolute atomic E-state index is 0.0837. The Hall–Kier alpha value is -0.980. The smallest absolute Gasteiger partial charge is 0.209 e. The van der Waals surface area contributed by atoms with Gasteiger partial charge < -0.3 is 4.90 Å². The Morgan fingerprint density at radius 1 is 1.37 bits per heavy atom. The first-order valence-corrected chi connectivity index (χ1v) is 8.20. The van der Waals surface area contributed by atoms with Crippen LogP contribution >= 0.6 is 0 Å². The van der Waals surface area contributed by atoms with Crippen LogP contribution < -0.4 is 4.72 Å². The van der Waals surface area contributed by atoms with Gasteiger partial charge in [0.15, 0.2) is 0 Å². The van der Waals surface area contributed by atoms with Gasteiger partial charge in [0.1, 0.15) is 5.82 Å². The molecular weight excluding hydrogens is 267 g/mol. The average Bonchev–Trinajstić information content (AvgIpc) is 2.76. The van der Waals surface area contributed by atoms with Gasteiger partial charge >= 0.3 is 0 Å². The summed E-state index contributed by atoms with van der Waals surface area (Å²) < 4.78 is 39.8. The van der Waals surface area contributed by atoms with Crippen molar-refractivity contribution in [1.29, 1.82) is 0 Å². The summed E-state index contributed by atoms with van der Waals surface area (Å²) in [5.41, 5.74) is 1.49. The van der Waals surface area contributed by atoms with Crippen molar-refractivity contribution in [2.45, 2.75) is 12.0 Å². The van der Waals surface area contributed by atoms with E-state index in [0.29, 0.717) is 5.56 Å². The van der Waals surface area contributed by atoms with Crippen LogP contribution in [0, 0.1) is 11.7 Å². The van der Waals surface area contributed by atoms with Crippen LogP contribution in [0.5, 0.6) is 0 Å². The Balaban J connectivity index is 2.08. The summed E-state index contributed by atoms with van der Waals surface area (Å²) >= 11 is 0. The van der Waals surface area contributed by atoms with Gasteiger partial charge in [-0.25, -0.2) is 17.5 Å². The van der Waals surface area contributed by atoms with Gasteiger partial charge in [0.05, 0.1) is 12.3 Å². The lowest BCUT2D eigenvalue weighted by molar-refractivity contribution is 0.365. The number of halogens is 1. The normalized spacial score (nSPS) is 30.4. The lowest BCUT2D eigenvalue weighted by atomic mass is 9.95. The summed E-state index contributed by atoms with van der Waals surface area (Å²) in [7, 11) is -1.33. The minimum atomic E-state index is -3.31. The number of sulfonamides is 1. The molecule has 1 saturated heterocycles. The predicted octanol–water partition coefficient (Wildman–Crippen LogP) is 1.07. The monoisotopic (exact) mass is 284 g/mol. The number of benzene rings is 1. The number of rotatable bonds is 2. The number of hydrogen-bond acceptors (Lipinski definition) is 3. The highest BCUT2D eigenvalue weighted by atomic mass is 32.2. The van der Waals surface area contributed by atoms with E-state index < -0.39 is 10.0 Å². The summed E-state index contributed by atoms with van der Waals surface area (Å²) in [4.78, 5) is 2.13. The molecule has 0 aromatic heterocycles. The van der Waals surface area contributed by atoms with E-state index in [4.69, 9.17) is 0 Å². The van der Waals surface area contributed by atoms with E-state index in [9.17, 15) is 12.8 Å². The average molecular weight is 284 g/mol. The molecule has 3 atom stereocenters. The third-order valence-corrected chi connectivity index (χ3v) is 4.79. The maximum Gasteiger partial charge on any atom is 0.209 e. The third kappa shape index (κ3) is 2.17. The molecule has 4 nitrogen and oxygen atoms in total.